The maximum Gasteiger partial charge on any atom is 0.0351 e. The van der Waals surface area contributed by atoms with Gasteiger partial charge in [-0.2, -0.15) is 0 Å². The van der Waals surface area contributed by atoms with Crippen molar-refractivity contribution in [1.82, 2.24) is 4.90 Å². The molecule has 1 heterocycles. The minimum absolute atomic E-state index is 0.657. The zero-order valence-corrected chi connectivity index (χ0v) is 14.3. The van der Waals surface area contributed by atoms with Crippen LogP contribution in [-0.2, 0) is 6.42 Å². The van der Waals surface area contributed by atoms with Crippen LogP contribution in [0.2, 0.25) is 0 Å². The van der Waals surface area contributed by atoms with E-state index in [1.165, 1.54) is 73.2 Å². The monoisotopic (exact) mass is 315 g/mol. The summed E-state index contributed by atoms with van der Waals surface area (Å²) in [7, 11) is 0. The summed E-state index contributed by atoms with van der Waals surface area (Å²) in [6.07, 6.45) is 8.09. The average Bonchev–Trinajstić information content (AvgIpc) is 2.67. The molecule has 0 spiro atoms. The Kier molecular flexibility index (Phi) is 3.56. The van der Waals surface area contributed by atoms with Crippen LogP contribution in [0.4, 0.5) is 0 Å². The molecule has 3 aromatic rings. The zero-order valence-electron chi connectivity index (χ0n) is 14.3. The van der Waals surface area contributed by atoms with Gasteiger partial charge in [0.25, 0.3) is 0 Å². The Morgan fingerprint density at radius 3 is 2.46 bits per heavy atom. The minimum Gasteiger partial charge on any atom is -0.296 e. The van der Waals surface area contributed by atoms with Crippen LogP contribution < -0.4 is 0 Å². The molecular weight excluding hydrogens is 290 g/mol. The molecule has 0 aromatic heterocycles. The van der Waals surface area contributed by atoms with Crippen LogP contribution in [0.25, 0.3) is 21.5 Å². The molecule has 0 amide bonds. The molecule has 0 radical (unpaired) electrons. The number of likely N-dealkylation sites (tertiary alicyclic amines) is 1. The Balaban J connectivity index is 1.68. The highest BCUT2D eigenvalue weighted by atomic mass is 15.2. The Bertz CT molecular complexity index is 889. The molecule has 1 aliphatic carbocycles. The van der Waals surface area contributed by atoms with E-state index >= 15 is 0 Å². The van der Waals surface area contributed by atoms with Gasteiger partial charge in [-0.15, -0.1) is 0 Å². The summed E-state index contributed by atoms with van der Waals surface area (Å²) >= 11 is 0. The van der Waals surface area contributed by atoms with Crippen LogP contribution in [0.3, 0.4) is 0 Å². The topological polar surface area (TPSA) is 3.24 Å². The molecule has 1 fully saturated rings. The summed E-state index contributed by atoms with van der Waals surface area (Å²) in [5.41, 5.74) is 3.24. The van der Waals surface area contributed by atoms with E-state index in [4.69, 9.17) is 0 Å². The van der Waals surface area contributed by atoms with Crippen molar-refractivity contribution in [1.29, 1.82) is 0 Å². The molecular formula is C23H25N. The number of hydrogen-bond donors (Lipinski definition) is 0. The van der Waals surface area contributed by atoms with Gasteiger partial charge in [0.15, 0.2) is 0 Å². The third-order valence-electron chi connectivity index (χ3n) is 6.17. The number of fused-ring (bicyclic) bond motifs is 5. The van der Waals surface area contributed by atoms with Gasteiger partial charge in [-0.05, 0) is 77.9 Å². The van der Waals surface area contributed by atoms with E-state index in [2.05, 4.69) is 53.4 Å². The minimum atomic E-state index is 0.657. The van der Waals surface area contributed by atoms with E-state index in [0.717, 1.165) is 0 Å². The molecule has 1 unspecified atom stereocenters. The Hall–Kier alpha value is -1.86. The van der Waals surface area contributed by atoms with Gasteiger partial charge < -0.3 is 0 Å². The van der Waals surface area contributed by atoms with Gasteiger partial charge in [0.1, 0.15) is 0 Å². The van der Waals surface area contributed by atoms with Crippen molar-refractivity contribution >= 4 is 21.5 Å². The highest BCUT2D eigenvalue weighted by molar-refractivity contribution is 6.08. The predicted molar refractivity (Wildman–Crippen MR) is 103 cm³/mol. The second kappa shape index (κ2) is 5.89. The third-order valence-corrected chi connectivity index (χ3v) is 6.17. The van der Waals surface area contributed by atoms with Crippen molar-refractivity contribution in [2.75, 3.05) is 13.1 Å². The zero-order chi connectivity index (χ0) is 15.9. The first-order chi connectivity index (χ1) is 11.9. The second-order valence-corrected chi connectivity index (χ2v) is 7.52. The average molecular weight is 315 g/mol. The molecule has 1 heteroatoms. The van der Waals surface area contributed by atoms with Crippen LogP contribution in [0, 0.1) is 0 Å². The lowest BCUT2D eigenvalue weighted by Crippen LogP contribution is -2.35. The first kappa shape index (κ1) is 14.5. The van der Waals surface area contributed by atoms with Crippen LogP contribution in [0.5, 0.6) is 0 Å². The molecule has 1 aliphatic heterocycles. The van der Waals surface area contributed by atoms with Gasteiger partial charge in [0.2, 0.25) is 0 Å². The van der Waals surface area contributed by atoms with Gasteiger partial charge in [0, 0.05) is 6.04 Å². The summed E-state index contributed by atoms with van der Waals surface area (Å²) in [6, 6.07) is 19.0. The lowest BCUT2D eigenvalue weighted by atomic mass is 9.82. The molecule has 5 rings (SSSR count). The largest absolute Gasteiger partial charge is 0.296 e. The van der Waals surface area contributed by atoms with Gasteiger partial charge in [-0.3, -0.25) is 4.90 Å². The van der Waals surface area contributed by atoms with Crippen molar-refractivity contribution < 1.29 is 0 Å². The van der Waals surface area contributed by atoms with Crippen molar-refractivity contribution in [3.63, 3.8) is 0 Å². The fraction of sp³-hybridized carbons (Fsp3) is 0.391. The molecule has 3 aromatic carbocycles. The Morgan fingerprint density at radius 2 is 1.54 bits per heavy atom. The smallest absolute Gasteiger partial charge is 0.0351 e. The van der Waals surface area contributed by atoms with Gasteiger partial charge in [-0.1, -0.05) is 55.0 Å². The van der Waals surface area contributed by atoms with Gasteiger partial charge >= 0.3 is 0 Å². The number of nitrogens with zero attached hydrogens (tertiary/aromatic N) is 1. The van der Waals surface area contributed by atoms with E-state index in [0.29, 0.717) is 6.04 Å². The third kappa shape index (κ3) is 2.26. The first-order valence-electron chi connectivity index (χ1n) is 9.59. The van der Waals surface area contributed by atoms with Gasteiger partial charge in [0.05, 0.1) is 0 Å². The van der Waals surface area contributed by atoms with E-state index in [9.17, 15) is 0 Å². The van der Waals surface area contributed by atoms with E-state index < -0.39 is 0 Å². The van der Waals surface area contributed by atoms with E-state index in [1.54, 1.807) is 11.1 Å². The molecule has 24 heavy (non-hydrogen) atoms. The van der Waals surface area contributed by atoms with Crippen molar-refractivity contribution in [3.05, 3.63) is 59.7 Å². The maximum absolute atomic E-state index is 2.76. The molecule has 122 valence electrons. The van der Waals surface area contributed by atoms with Crippen molar-refractivity contribution in [3.8, 4) is 0 Å². The molecule has 1 saturated heterocycles. The number of hydrogen-bond acceptors (Lipinski definition) is 1. The molecule has 0 saturated carbocycles. The summed E-state index contributed by atoms with van der Waals surface area (Å²) < 4.78 is 0. The molecule has 0 N–H and O–H groups in total. The SMILES string of the molecule is c1ccc2c(c1)ccc1c3c(ccc12)C(N1CCCCC1)CCC3. The first-order valence-corrected chi connectivity index (χ1v) is 9.59. The Morgan fingerprint density at radius 1 is 0.708 bits per heavy atom. The number of piperidine rings is 1. The summed E-state index contributed by atoms with van der Waals surface area (Å²) in [5, 5.41) is 5.69. The van der Waals surface area contributed by atoms with E-state index in [-0.39, 0.29) is 0 Å². The lowest BCUT2D eigenvalue weighted by molar-refractivity contribution is 0.149. The van der Waals surface area contributed by atoms with Crippen LogP contribution in [-0.4, -0.2) is 18.0 Å². The Labute approximate surface area is 144 Å². The quantitative estimate of drug-likeness (QED) is 0.509. The van der Waals surface area contributed by atoms with Crippen LogP contribution in [0.15, 0.2) is 48.5 Å². The lowest BCUT2D eigenvalue weighted by Gasteiger charge is -2.38. The molecule has 1 atom stereocenters. The summed E-state index contributed by atoms with van der Waals surface area (Å²) in [6.45, 7) is 2.58. The molecule has 2 aliphatic rings. The fourth-order valence-electron chi connectivity index (χ4n) is 5.00. The van der Waals surface area contributed by atoms with Crippen molar-refractivity contribution in [2.24, 2.45) is 0 Å². The number of aryl methyl sites for hydroxylation is 1. The van der Waals surface area contributed by atoms with Crippen molar-refractivity contribution in [2.45, 2.75) is 44.6 Å². The highest BCUT2D eigenvalue weighted by Crippen LogP contribution is 2.40. The molecule has 0 bridgehead atoms. The number of rotatable bonds is 1. The predicted octanol–water partition coefficient (Wildman–Crippen LogP) is 5.86. The standard InChI is InChI=1S/C23H25N/c1-4-15-24(16-5-1)23-10-6-9-19-21-12-11-17-7-2-3-8-18(17)20(21)13-14-22(19)23/h2-3,7-8,11-14,23H,1,4-6,9-10,15-16H2. The van der Waals surface area contributed by atoms with Crippen LogP contribution >= 0.6 is 0 Å². The number of benzene rings is 3. The summed E-state index contributed by atoms with van der Waals surface area (Å²) in [5.74, 6) is 0. The second-order valence-electron chi connectivity index (χ2n) is 7.52. The normalized spacial score (nSPS) is 21.9. The summed E-state index contributed by atoms with van der Waals surface area (Å²) in [4.78, 5) is 2.76. The van der Waals surface area contributed by atoms with E-state index in [1.807, 2.05) is 0 Å². The molecule has 1 nitrogen and oxygen atoms in total. The van der Waals surface area contributed by atoms with Crippen LogP contribution in [0.1, 0.15) is 49.3 Å². The van der Waals surface area contributed by atoms with Gasteiger partial charge in [-0.25, -0.2) is 0 Å². The highest BCUT2D eigenvalue weighted by Gasteiger charge is 2.27. The maximum atomic E-state index is 2.76. The fourth-order valence-corrected chi connectivity index (χ4v) is 5.00.